The number of esters is 2. The first-order valence-electron chi connectivity index (χ1n) is 12.9. The highest BCUT2D eigenvalue weighted by molar-refractivity contribution is 5.79. The fourth-order valence-electron chi connectivity index (χ4n) is 4.30. The van der Waals surface area contributed by atoms with Crippen LogP contribution in [0.25, 0.3) is 6.08 Å². The van der Waals surface area contributed by atoms with Crippen LogP contribution in [0.5, 0.6) is 0 Å². The van der Waals surface area contributed by atoms with Crippen molar-refractivity contribution in [3.63, 3.8) is 0 Å². The van der Waals surface area contributed by atoms with Gasteiger partial charge < -0.3 is 14.8 Å². The van der Waals surface area contributed by atoms with Crippen molar-refractivity contribution in [3.05, 3.63) is 41.7 Å². The van der Waals surface area contributed by atoms with Crippen LogP contribution in [0, 0.1) is 17.7 Å². The molecule has 1 aromatic carbocycles. The van der Waals surface area contributed by atoms with Crippen LogP contribution in [0.3, 0.4) is 0 Å². The molecule has 1 aromatic rings. The molecule has 1 saturated heterocycles. The summed E-state index contributed by atoms with van der Waals surface area (Å²) in [6.45, 7) is 6.10. The third-order valence-electron chi connectivity index (χ3n) is 6.26. The maximum atomic E-state index is 13.1. The van der Waals surface area contributed by atoms with E-state index in [1.165, 1.54) is 12.1 Å². The fraction of sp³-hybridized carbons (Fsp3) is 0.607. The predicted molar refractivity (Wildman–Crippen MR) is 134 cm³/mol. The van der Waals surface area contributed by atoms with E-state index in [4.69, 9.17) is 9.47 Å². The van der Waals surface area contributed by atoms with Gasteiger partial charge in [0.1, 0.15) is 24.1 Å². The summed E-state index contributed by atoms with van der Waals surface area (Å²) in [7, 11) is 0. The van der Waals surface area contributed by atoms with E-state index in [2.05, 4.69) is 12.2 Å². The molecular formula is C28H40FNO5. The van der Waals surface area contributed by atoms with Crippen molar-refractivity contribution in [3.8, 4) is 0 Å². The molecule has 4 atom stereocenters. The Hall–Kier alpha value is -2.70. The number of ether oxygens (including phenoxy) is 2. The predicted octanol–water partition coefficient (Wildman–Crippen LogP) is 5.59. The first-order valence-corrected chi connectivity index (χ1v) is 12.9. The quantitative estimate of drug-likeness (QED) is 0.175. The van der Waals surface area contributed by atoms with Gasteiger partial charge in [-0.15, -0.1) is 0 Å². The number of carbonyl (C=O) groups is 3. The van der Waals surface area contributed by atoms with Crippen LogP contribution >= 0.6 is 0 Å². The molecule has 2 rings (SSSR count). The lowest BCUT2D eigenvalue weighted by atomic mass is 9.86. The van der Waals surface area contributed by atoms with Gasteiger partial charge in [-0.05, 0) is 49.3 Å². The van der Waals surface area contributed by atoms with Gasteiger partial charge in [-0.3, -0.25) is 9.59 Å². The SMILES string of the molecule is CCCCCC[C@@H]1C(=O)O[C@H]1C[C@H](CC/C=C/c1ccc(F)cc1)OC(=O)[C@H](CC(C)C)NC=O. The summed E-state index contributed by atoms with van der Waals surface area (Å²) in [5.41, 5.74) is 0.882. The lowest BCUT2D eigenvalue weighted by Gasteiger charge is -2.37. The van der Waals surface area contributed by atoms with Gasteiger partial charge in [0.05, 0.1) is 5.92 Å². The number of hydrogen-bond donors (Lipinski definition) is 1. The topological polar surface area (TPSA) is 81.7 Å². The molecule has 0 aliphatic carbocycles. The molecule has 35 heavy (non-hydrogen) atoms. The lowest BCUT2D eigenvalue weighted by molar-refractivity contribution is -0.190. The molecule has 7 heteroatoms. The third-order valence-corrected chi connectivity index (χ3v) is 6.26. The Balaban J connectivity index is 2.00. The zero-order valence-corrected chi connectivity index (χ0v) is 21.2. The van der Waals surface area contributed by atoms with E-state index < -0.39 is 18.1 Å². The highest BCUT2D eigenvalue weighted by Crippen LogP contribution is 2.32. The molecule has 0 radical (unpaired) electrons. The van der Waals surface area contributed by atoms with Gasteiger partial charge in [-0.25, -0.2) is 9.18 Å². The molecule has 1 heterocycles. The number of allylic oxidation sites excluding steroid dienone is 1. The number of amides is 1. The summed E-state index contributed by atoms with van der Waals surface area (Å²) in [5.74, 6) is -0.871. The number of halogens is 1. The summed E-state index contributed by atoms with van der Waals surface area (Å²) in [6.07, 6.45) is 10.9. The largest absolute Gasteiger partial charge is 0.461 e. The molecule has 1 aliphatic heterocycles. The second-order valence-corrected chi connectivity index (χ2v) is 9.72. The second kappa shape index (κ2) is 15.3. The van der Waals surface area contributed by atoms with Crippen LogP contribution in [0.15, 0.2) is 30.3 Å². The van der Waals surface area contributed by atoms with Crippen molar-refractivity contribution < 1.29 is 28.2 Å². The third kappa shape index (κ3) is 10.2. The Morgan fingerprint density at radius 2 is 1.94 bits per heavy atom. The number of rotatable bonds is 17. The maximum absolute atomic E-state index is 13.1. The standard InChI is InChI=1S/C28H40FNO5/c1-4-5-6-7-12-24-26(35-27(24)32)18-23(34-28(33)25(30-19-31)17-20(2)3)11-9-8-10-21-13-15-22(29)16-14-21/h8,10,13-16,19-20,23-26H,4-7,9,11-12,17-18H2,1-3H3,(H,30,31)/b10-8+/t23-,24-,25-,26-/m0/s1. The summed E-state index contributed by atoms with van der Waals surface area (Å²) in [4.78, 5) is 35.9. The number of hydrogen-bond acceptors (Lipinski definition) is 5. The van der Waals surface area contributed by atoms with E-state index >= 15 is 0 Å². The zero-order chi connectivity index (χ0) is 25.6. The molecule has 1 amide bonds. The monoisotopic (exact) mass is 489 g/mol. The lowest BCUT2D eigenvalue weighted by Crippen LogP contribution is -2.48. The van der Waals surface area contributed by atoms with E-state index in [-0.39, 0.29) is 29.7 Å². The number of unbranched alkanes of at least 4 members (excludes halogenated alkanes) is 3. The minimum atomic E-state index is -0.710. The van der Waals surface area contributed by atoms with Crippen LogP contribution in [-0.2, 0) is 23.9 Å². The van der Waals surface area contributed by atoms with Gasteiger partial charge in [0.15, 0.2) is 0 Å². The Kier molecular flexibility index (Phi) is 12.5. The van der Waals surface area contributed by atoms with Gasteiger partial charge in [-0.1, -0.05) is 70.7 Å². The Bertz CT molecular complexity index is 823. The van der Waals surface area contributed by atoms with E-state index in [1.54, 1.807) is 12.1 Å². The highest BCUT2D eigenvalue weighted by Gasteiger charge is 2.43. The van der Waals surface area contributed by atoms with E-state index in [0.29, 0.717) is 32.1 Å². The minimum Gasteiger partial charge on any atom is -0.461 e. The Labute approximate surface area is 208 Å². The molecule has 0 aromatic heterocycles. The molecule has 0 saturated carbocycles. The van der Waals surface area contributed by atoms with Crippen molar-refractivity contribution in [2.45, 2.75) is 96.8 Å². The van der Waals surface area contributed by atoms with Crippen LogP contribution < -0.4 is 5.32 Å². The number of cyclic esters (lactones) is 1. The Morgan fingerprint density at radius 3 is 2.57 bits per heavy atom. The van der Waals surface area contributed by atoms with Crippen molar-refractivity contribution >= 4 is 24.4 Å². The summed E-state index contributed by atoms with van der Waals surface area (Å²) in [5, 5.41) is 2.56. The molecular weight excluding hydrogens is 449 g/mol. The average Bonchev–Trinajstić information content (AvgIpc) is 2.81. The first-order chi connectivity index (χ1) is 16.8. The smallest absolute Gasteiger partial charge is 0.328 e. The summed E-state index contributed by atoms with van der Waals surface area (Å²) in [6, 6.07) is 5.50. The second-order valence-electron chi connectivity index (χ2n) is 9.72. The van der Waals surface area contributed by atoms with Crippen LogP contribution in [0.2, 0.25) is 0 Å². The van der Waals surface area contributed by atoms with E-state index in [0.717, 1.165) is 37.7 Å². The molecule has 6 nitrogen and oxygen atoms in total. The van der Waals surface area contributed by atoms with Gasteiger partial charge >= 0.3 is 11.9 Å². The van der Waals surface area contributed by atoms with Crippen molar-refractivity contribution in [2.24, 2.45) is 11.8 Å². The Morgan fingerprint density at radius 1 is 1.20 bits per heavy atom. The normalized spacial score (nSPS) is 19.2. The first kappa shape index (κ1) is 28.5. The summed E-state index contributed by atoms with van der Waals surface area (Å²) < 4.78 is 24.4. The summed E-state index contributed by atoms with van der Waals surface area (Å²) >= 11 is 0. The van der Waals surface area contributed by atoms with Crippen LogP contribution in [0.1, 0.15) is 84.1 Å². The van der Waals surface area contributed by atoms with Gasteiger partial charge in [-0.2, -0.15) is 0 Å². The van der Waals surface area contributed by atoms with E-state index in [9.17, 15) is 18.8 Å². The number of benzene rings is 1. The molecule has 0 spiro atoms. The fourth-order valence-corrected chi connectivity index (χ4v) is 4.30. The van der Waals surface area contributed by atoms with Gasteiger partial charge in [0.2, 0.25) is 6.41 Å². The highest BCUT2D eigenvalue weighted by atomic mass is 19.1. The molecule has 1 fully saturated rings. The molecule has 0 unspecified atom stereocenters. The average molecular weight is 490 g/mol. The van der Waals surface area contributed by atoms with Crippen LogP contribution in [-0.4, -0.2) is 36.6 Å². The van der Waals surface area contributed by atoms with Crippen molar-refractivity contribution in [1.82, 2.24) is 5.32 Å². The number of nitrogens with one attached hydrogen (secondary N) is 1. The van der Waals surface area contributed by atoms with E-state index in [1.807, 2.05) is 26.0 Å². The maximum Gasteiger partial charge on any atom is 0.328 e. The van der Waals surface area contributed by atoms with Crippen molar-refractivity contribution in [1.29, 1.82) is 0 Å². The molecule has 0 bridgehead atoms. The molecule has 1 N–H and O–H groups in total. The molecule has 1 aliphatic rings. The van der Waals surface area contributed by atoms with Crippen molar-refractivity contribution in [2.75, 3.05) is 0 Å². The number of carbonyl (C=O) groups excluding carboxylic acids is 3. The zero-order valence-electron chi connectivity index (χ0n) is 21.2. The molecule has 194 valence electrons. The van der Waals surface area contributed by atoms with Gasteiger partial charge in [0, 0.05) is 6.42 Å². The van der Waals surface area contributed by atoms with Crippen LogP contribution in [0.4, 0.5) is 4.39 Å². The van der Waals surface area contributed by atoms with Gasteiger partial charge in [0.25, 0.3) is 0 Å². The minimum absolute atomic E-state index is 0.151.